The Balaban J connectivity index is 1.47. The molecule has 2 heterocycles. The van der Waals surface area contributed by atoms with E-state index in [1.807, 2.05) is 41.3 Å². The lowest BCUT2D eigenvalue weighted by Crippen LogP contribution is -2.47. The minimum atomic E-state index is -4.31. The second-order valence-corrected chi connectivity index (χ2v) is 14.3. The van der Waals surface area contributed by atoms with Crippen molar-refractivity contribution in [3.05, 3.63) is 59.7 Å². The number of halogens is 3. The van der Waals surface area contributed by atoms with Gasteiger partial charge in [0.05, 0.1) is 18.1 Å². The molecular formula is C36H53F3N2O4. The van der Waals surface area contributed by atoms with E-state index in [9.17, 15) is 13.2 Å². The van der Waals surface area contributed by atoms with Crippen LogP contribution in [0.5, 0.6) is 11.5 Å². The maximum absolute atomic E-state index is 14.1. The zero-order valence-corrected chi connectivity index (χ0v) is 27.8. The summed E-state index contributed by atoms with van der Waals surface area (Å²) in [6.45, 7) is 11.3. The first-order valence-electron chi connectivity index (χ1n) is 16.4. The summed E-state index contributed by atoms with van der Waals surface area (Å²) in [6.07, 6.45) is 0.808. The molecular weight excluding hydrogens is 581 g/mol. The predicted octanol–water partition coefficient (Wildman–Crippen LogP) is 7.23. The number of benzene rings is 2. The van der Waals surface area contributed by atoms with E-state index in [0.717, 1.165) is 75.2 Å². The second kappa shape index (κ2) is 15.1. The van der Waals surface area contributed by atoms with Crippen molar-refractivity contribution in [3.8, 4) is 11.5 Å². The fourth-order valence-electron chi connectivity index (χ4n) is 6.93. The largest absolute Gasteiger partial charge is 0.497 e. The molecule has 2 aromatic rings. The molecule has 1 N–H and O–H groups in total. The molecule has 2 aromatic carbocycles. The van der Waals surface area contributed by atoms with Crippen LogP contribution in [0.4, 0.5) is 13.2 Å². The Morgan fingerprint density at radius 1 is 1.00 bits per heavy atom. The highest BCUT2D eigenvalue weighted by Gasteiger charge is 2.48. The van der Waals surface area contributed by atoms with E-state index in [0.29, 0.717) is 19.7 Å². The third-order valence-corrected chi connectivity index (χ3v) is 9.63. The van der Waals surface area contributed by atoms with E-state index in [1.54, 1.807) is 7.11 Å². The van der Waals surface area contributed by atoms with Crippen LogP contribution in [0, 0.1) is 5.41 Å². The molecule has 0 radical (unpaired) electrons. The summed E-state index contributed by atoms with van der Waals surface area (Å²) in [6, 6.07) is 16.0. The van der Waals surface area contributed by atoms with Crippen LogP contribution < -0.4 is 9.47 Å². The summed E-state index contributed by atoms with van der Waals surface area (Å²) in [5, 5.41) is 9.08. The summed E-state index contributed by atoms with van der Waals surface area (Å²) in [7, 11) is 1.64. The van der Waals surface area contributed by atoms with E-state index in [4.69, 9.17) is 19.3 Å². The topological polar surface area (TPSA) is 54.4 Å². The van der Waals surface area contributed by atoms with Gasteiger partial charge in [-0.3, -0.25) is 4.90 Å². The van der Waals surface area contributed by atoms with E-state index in [1.165, 1.54) is 19.4 Å². The minimum absolute atomic E-state index is 0.0950. The number of piperidine rings is 1. The van der Waals surface area contributed by atoms with Crippen LogP contribution in [-0.2, 0) is 16.7 Å². The molecule has 0 aromatic heterocycles. The molecule has 1 atom stereocenters. The molecule has 2 saturated heterocycles. The fraction of sp³-hybridized carbons (Fsp3) is 0.667. The van der Waals surface area contributed by atoms with Gasteiger partial charge in [0.1, 0.15) is 17.6 Å². The molecule has 9 heteroatoms. The molecule has 0 saturated carbocycles. The number of ether oxygens (including phenoxy) is 3. The second-order valence-electron chi connectivity index (χ2n) is 14.3. The van der Waals surface area contributed by atoms with Gasteiger partial charge in [-0.15, -0.1) is 0 Å². The number of methoxy groups -OCH3 is 1. The van der Waals surface area contributed by atoms with Gasteiger partial charge in [0.2, 0.25) is 0 Å². The zero-order valence-electron chi connectivity index (χ0n) is 27.8. The molecule has 2 aliphatic heterocycles. The maximum Gasteiger partial charge on any atom is 0.395 e. The van der Waals surface area contributed by atoms with Gasteiger partial charge in [0.15, 0.2) is 0 Å². The van der Waals surface area contributed by atoms with Crippen LogP contribution in [0.15, 0.2) is 48.5 Å². The lowest BCUT2D eigenvalue weighted by molar-refractivity contribution is -0.217. The highest BCUT2D eigenvalue weighted by molar-refractivity contribution is 5.33. The fourth-order valence-corrected chi connectivity index (χ4v) is 6.93. The van der Waals surface area contributed by atoms with Crippen molar-refractivity contribution in [2.24, 2.45) is 5.41 Å². The number of aliphatic hydroxyl groups excluding tert-OH is 1. The van der Waals surface area contributed by atoms with Crippen LogP contribution in [0.25, 0.3) is 0 Å². The van der Waals surface area contributed by atoms with Crippen molar-refractivity contribution in [1.82, 2.24) is 9.80 Å². The van der Waals surface area contributed by atoms with Crippen molar-refractivity contribution in [1.29, 1.82) is 0 Å². The Morgan fingerprint density at radius 2 is 1.64 bits per heavy atom. The predicted molar refractivity (Wildman–Crippen MR) is 172 cm³/mol. The number of alkyl halides is 3. The first kappa shape index (κ1) is 35.5. The highest BCUT2D eigenvalue weighted by Crippen LogP contribution is 2.45. The van der Waals surface area contributed by atoms with Gasteiger partial charge in [-0.05, 0) is 108 Å². The molecule has 45 heavy (non-hydrogen) atoms. The molecule has 0 unspecified atom stereocenters. The van der Waals surface area contributed by atoms with Crippen molar-refractivity contribution < 1.29 is 32.5 Å². The van der Waals surface area contributed by atoms with E-state index in [2.05, 4.69) is 30.9 Å². The summed E-state index contributed by atoms with van der Waals surface area (Å²) in [5.74, 6) is 1.57. The van der Waals surface area contributed by atoms with Gasteiger partial charge in [0, 0.05) is 51.4 Å². The van der Waals surface area contributed by atoms with Gasteiger partial charge < -0.3 is 24.2 Å². The smallest absolute Gasteiger partial charge is 0.395 e. The Morgan fingerprint density at radius 3 is 2.22 bits per heavy atom. The maximum atomic E-state index is 14.1. The third-order valence-electron chi connectivity index (χ3n) is 9.63. The van der Waals surface area contributed by atoms with Crippen LogP contribution in [0.2, 0.25) is 0 Å². The van der Waals surface area contributed by atoms with Crippen LogP contribution in [0.1, 0.15) is 77.3 Å². The Kier molecular flexibility index (Phi) is 11.9. The lowest BCUT2D eigenvalue weighted by atomic mass is 9.67. The summed E-state index contributed by atoms with van der Waals surface area (Å²) in [4.78, 5) is 4.33. The van der Waals surface area contributed by atoms with Crippen LogP contribution >= 0.6 is 0 Å². The van der Waals surface area contributed by atoms with Gasteiger partial charge in [0.25, 0.3) is 0 Å². The first-order chi connectivity index (χ1) is 21.2. The van der Waals surface area contributed by atoms with Crippen molar-refractivity contribution in [3.63, 3.8) is 0 Å². The van der Waals surface area contributed by atoms with Crippen molar-refractivity contribution >= 4 is 0 Å². The summed E-state index contributed by atoms with van der Waals surface area (Å²) in [5.41, 5.74) is -0.273. The van der Waals surface area contributed by atoms with Crippen LogP contribution in [0.3, 0.4) is 0 Å². The summed E-state index contributed by atoms with van der Waals surface area (Å²) < 4.78 is 60.1. The quantitative estimate of drug-likeness (QED) is 0.237. The van der Waals surface area contributed by atoms with Crippen molar-refractivity contribution in [2.45, 2.75) is 96.1 Å². The average molecular weight is 635 g/mol. The van der Waals surface area contributed by atoms with E-state index in [-0.39, 0.29) is 30.3 Å². The van der Waals surface area contributed by atoms with Gasteiger partial charge in [-0.25, -0.2) is 0 Å². The zero-order chi connectivity index (χ0) is 32.7. The van der Waals surface area contributed by atoms with Crippen molar-refractivity contribution in [2.75, 3.05) is 53.0 Å². The standard InChI is InChI=1S/C36H53F3N2O4/c1-33(2,36(37,38)39)27-41(22-17-35(18-24-44-34(3,4)26-35)29-9-13-30(43-5)14-10-29)25-28-7-11-31(12-8-28)45-32-15-20-40(21-16-32)19-6-23-42/h7-14,32,42H,6,15-27H2,1-5H3/t35-/m1/s1. The highest BCUT2D eigenvalue weighted by atomic mass is 19.4. The molecule has 2 fully saturated rings. The van der Waals surface area contributed by atoms with E-state index >= 15 is 0 Å². The Bertz CT molecular complexity index is 1180. The van der Waals surface area contributed by atoms with Gasteiger partial charge >= 0.3 is 6.18 Å². The molecule has 0 amide bonds. The Labute approximate surface area is 267 Å². The molecule has 4 rings (SSSR count). The van der Waals surface area contributed by atoms with Gasteiger partial charge in [-0.2, -0.15) is 13.2 Å². The normalized spacial score (nSPS) is 21.6. The molecule has 252 valence electrons. The molecule has 0 spiro atoms. The number of rotatable bonds is 14. The lowest BCUT2D eigenvalue weighted by Gasteiger charge is -2.46. The average Bonchev–Trinajstić information content (AvgIpc) is 2.99. The SMILES string of the molecule is COc1ccc([C@]2(CCN(Cc3ccc(OC4CCN(CCCO)CC4)cc3)CC(C)(C)C(F)(F)F)CCOC(C)(C)C2)cc1. The number of likely N-dealkylation sites (tertiary alicyclic amines) is 1. The molecule has 0 aliphatic carbocycles. The summed E-state index contributed by atoms with van der Waals surface area (Å²) >= 11 is 0. The number of hydrogen-bond donors (Lipinski definition) is 1. The molecule has 6 nitrogen and oxygen atoms in total. The monoisotopic (exact) mass is 634 g/mol. The van der Waals surface area contributed by atoms with Gasteiger partial charge in [-0.1, -0.05) is 24.3 Å². The number of aliphatic hydroxyl groups is 1. The molecule has 2 aliphatic rings. The van der Waals surface area contributed by atoms with E-state index < -0.39 is 11.6 Å². The van der Waals surface area contributed by atoms with Crippen LogP contribution in [-0.4, -0.2) is 85.8 Å². The molecule has 0 bridgehead atoms. The number of hydrogen-bond acceptors (Lipinski definition) is 6. The first-order valence-corrected chi connectivity index (χ1v) is 16.4. The minimum Gasteiger partial charge on any atom is -0.497 e. The Hall–Kier alpha value is -2.33. The third kappa shape index (κ3) is 9.83. The number of nitrogens with zero attached hydrogens (tertiary/aromatic N) is 2.